The molecule has 4 heteroatoms. The topological polar surface area (TPSA) is 4.93 Å². The van der Waals surface area contributed by atoms with Crippen molar-refractivity contribution < 1.29 is 0 Å². The standard InChI is InChI=1S/C9H15NS3/c1-10-7-5-6-8(10)9(11-2,12-3)13-4/h5-7H,1-4H3. The molecule has 0 atom stereocenters. The lowest BCUT2D eigenvalue weighted by Crippen LogP contribution is -2.15. The van der Waals surface area contributed by atoms with Crippen LogP contribution in [0.3, 0.4) is 0 Å². The molecule has 1 nitrogen and oxygen atoms in total. The first kappa shape index (κ1) is 11.4. The van der Waals surface area contributed by atoms with E-state index in [9.17, 15) is 0 Å². The summed E-state index contributed by atoms with van der Waals surface area (Å²) in [5.41, 5.74) is 1.38. The fourth-order valence-electron chi connectivity index (χ4n) is 1.34. The molecule has 0 aliphatic heterocycles. The first-order valence-electron chi connectivity index (χ1n) is 3.97. The first-order valence-corrected chi connectivity index (χ1v) is 7.65. The average molecular weight is 233 g/mol. The number of hydrogen-bond acceptors (Lipinski definition) is 3. The third kappa shape index (κ3) is 2.05. The van der Waals surface area contributed by atoms with Crippen LogP contribution in [0.1, 0.15) is 5.69 Å². The predicted molar refractivity (Wildman–Crippen MR) is 67.6 cm³/mol. The average Bonchev–Trinajstić information content (AvgIpc) is 2.57. The quantitative estimate of drug-likeness (QED) is 0.736. The second-order valence-electron chi connectivity index (χ2n) is 2.67. The van der Waals surface area contributed by atoms with Gasteiger partial charge in [0, 0.05) is 13.2 Å². The Labute approximate surface area is 93.0 Å². The summed E-state index contributed by atoms with van der Waals surface area (Å²) in [6.45, 7) is 0. The maximum atomic E-state index is 2.20. The van der Waals surface area contributed by atoms with E-state index in [4.69, 9.17) is 0 Å². The van der Waals surface area contributed by atoms with Gasteiger partial charge in [0.2, 0.25) is 0 Å². The van der Waals surface area contributed by atoms with Crippen LogP contribution in [0, 0.1) is 0 Å². The summed E-state index contributed by atoms with van der Waals surface area (Å²) >= 11 is 5.68. The molecule has 0 spiro atoms. The largest absolute Gasteiger partial charge is 0.352 e. The third-order valence-electron chi connectivity index (χ3n) is 2.06. The van der Waals surface area contributed by atoms with Crippen molar-refractivity contribution in [2.45, 2.75) is 3.41 Å². The van der Waals surface area contributed by atoms with Crippen molar-refractivity contribution in [1.29, 1.82) is 0 Å². The van der Waals surface area contributed by atoms with Crippen LogP contribution < -0.4 is 0 Å². The van der Waals surface area contributed by atoms with Gasteiger partial charge in [-0.25, -0.2) is 0 Å². The molecule has 1 heterocycles. The highest BCUT2D eigenvalue weighted by molar-refractivity contribution is 8.32. The normalized spacial score (nSPS) is 12.0. The van der Waals surface area contributed by atoms with E-state index in [1.54, 1.807) is 0 Å². The monoisotopic (exact) mass is 233 g/mol. The lowest BCUT2D eigenvalue weighted by molar-refractivity contribution is 0.859. The van der Waals surface area contributed by atoms with Gasteiger partial charge in [0.15, 0.2) is 0 Å². The molecule has 0 unspecified atom stereocenters. The molecule has 0 fully saturated rings. The van der Waals surface area contributed by atoms with E-state index in [1.807, 2.05) is 35.3 Å². The van der Waals surface area contributed by atoms with Crippen LogP contribution in [0.2, 0.25) is 0 Å². The number of aromatic nitrogens is 1. The van der Waals surface area contributed by atoms with Gasteiger partial charge >= 0.3 is 0 Å². The summed E-state index contributed by atoms with van der Waals surface area (Å²) in [4.78, 5) is 0. The Morgan fingerprint density at radius 1 is 1.15 bits per heavy atom. The van der Waals surface area contributed by atoms with E-state index in [0.717, 1.165) is 0 Å². The van der Waals surface area contributed by atoms with Crippen LogP contribution >= 0.6 is 35.3 Å². The summed E-state index contributed by atoms with van der Waals surface area (Å²) in [7, 11) is 2.10. The molecule has 0 saturated carbocycles. The fourth-order valence-corrected chi connectivity index (χ4v) is 4.61. The smallest absolute Gasteiger partial charge is 0.146 e. The minimum Gasteiger partial charge on any atom is -0.352 e. The second kappa shape index (κ2) is 4.71. The van der Waals surface area contributed by atoms with Crippen molar-refractivity contribution in [3.8, 4) is 0 Å². The molecule has 1 aromatic heterocycles. The van der Waals surface area contributed by atoms with Crippen LogP contribution in [-0.4, -0.2) is 23.3 Å². The van der Waals surface area contributed by atoms with Crippen molar-refractivity contribution >= 4 is 35.3 Å². The molecule has 0 saturated heterocycles. The second-order valence-corrected chi connectivity index (χ2v) is 6.51. The van der Waals surface area contributed by atoms with Gasteiger partial charge in [-0.3, -0.25) is 0 Å². The van der Waals surface area contributed by atoms with E-state index in [-0.39, 0.29) is 3.41 Å². The van der Waals surface area contributed by atoms with Gasteiger partial charge < -0.3 is 4.57 Å². The van der Waals surface area contributed by atoms with Gasteiger partial charge in [0.1, 0.15) is 3.41 Å². The SMILES string of the molecule is CSC(SC)(SC)c1cccn1C. The van der Waals surface area contributed by atoms with Crippen molar-refractivity contribution in [3.63, 3.8) is 0 Å². The number of hydrogen-bond donors (Lipinski definition) is 0. The van der Waals surface area contributed by atoms with Crippen LogP contribution in [0.4, 0.5) is 0 Å². The van der Waals surface area contributed by atoms with Crippen LogP contribution in [0.25, 0.3) is 0 Å². The highest BCUT2D eigenvalue weighted by atomic mass is 32.3. The molecule has 0 amide bonds. The van der Waals surface area contributed by atoms with Gasteiger partial charge in [-0.15, -0.1) is 35.3 Å². The van der Waals surface area contributed by atoms with Crippen LogP contribution in [0.5, 0.6) is 0 Å². The molecular formula is C9H15NS3. The summed E-state index contributed by atoms with van der Waals surface area (Å²) in [6.07, 6.45) is 8.60. The minimum atomic E-state index is 0.151. The molecule has 0 aromatic carbocycles. The summed E-state index contributed by atoms with van der Waals surface area (Å²) in [5, 5.41) is 0. The Kier molecular flexibility index (Phi) is 4.13. The van der Waals surface area contributed by atoms with Crippen molar-refractivity contribution in [3.05, 3.63) is 24.0 Å². The summed E-state index contributed by atoms with van der Waals surface area (Å²) in [5.74, 6) is 0. The Morgan fingerprint density at radius 3 is 2.00 bits per heavy atom. The highest BCUT2D eigenvalue weighted by Gasteiger charge is 2.31. The highest BCUT2D eigenvalue weighted by Crippen LogP contribution is 2.51. The third-order valence-corrected chi connectivity index (χ3v) is 7.30. The van der Waals surface area contributed by atoms with Crippen LogP contribution in [-0.2, 0) is 10.5 Å². The number of thioether (sulfide) groups is 3. The van der Waals surface area contributed by atoms with Crippen molar-refractivity contribution in [2.75, 3.05) is 18.8 Å². The fraction of sp³-hybridized carbons (Fsp3) is 0.556. The molecule has 0 aliphatic rings. The predicted octanol–water partition coefficient (Wildman–Crippen LogP) is 3.22. The Morgan fingerprint density at radius 2 is 1.69 bits per heavy atom. The van der Waals surface area contributed by atoms with Gasteiger partial charge in [-0.2, -0.15) is 0 Å². The lowest BCUT2D eigenvalue weighted by Gasteiger charge is -2.28. The summed E-state index contributed by atoms with van der Waals surface area (Å²) in [6, 6.07) is 4.30. The zero-order valence-corrected chi connectivity index (χ0v) is 10.9. The van der Waals surface area contributed by atoms with Gasteiger partial charge in [0.05, 0.1) is 5.69 Å². The molecular weight excluding hydrogens is 218 g/mol. The zero-order chi connectivity index (χ0) is 9.90. The minimum absolute atomic E-state index is 0.151. The van der Waals surface area contributed by atoms with Crippen LogP contribution in [0.15, 0.2) is 18.3 Å². The molecule has 1 aromatic rings. The van der Waals surface area contributed by atoms with E-state index < -0.39 is 0 Å². The van der Waals surface area contributed by atoms with E-state index in [0.29, 0.717) is 0 Å². The Bertz CT molecular complexity index is 257. The van der Waals surface area contributed by atoms with Crippen molar-refractivity contribution in [1.82, 2.24) is 4.57 Å². The molecule has 0 N–H and O–H groups in total. The van der Waals surface area contributed by atoms with E-state index in [2.05, 4.69) is 48.7 Å². The van der Waals surface area contributed by atoms with Gasteiger partial charge in [0.25, 0.3) is 0 Å². The molecule has 0 bridgehead atoms. The summed E-state index contributed by atoms with van der Waals surface area (Å²) < 4.78 is 2.35. The van der Waals surface area contributed by atoms with Gasteiger partial charge in [-0.1, -0.05) is 0 Å². The van der Waals surface area contributed by atoms with E-state index >= 15 is 0 Å². The Balaban J connectivity index is 3.07. The first-order chi connectivity index (χ1) is 6.20. The Hall–Kier alpha value is 0.330. The van der Waals surface area contributed by atoms with Crippen molar-refractivity contribution in [2.24, 2.45) is 7.05 Å². The number of nitrogens with zero attached hydrogens (tertiary/aromatic N) is 1. The van der Waals surface area contributed by atoms with E-state index in [1.165, 1.54) is 5.69 Å². The molecule has 1 rings (SSSR count). The molecule has 13 heavy (non-hydrogen) atoms. The molecule has 0 radical (unpaired) electrons. The zero-order valence-electron chi connectivity index (χ0n) is 8.40. The van der Waals surface area contributed by atoms with Gasteiger partial charge in [-0.05, 0) is 30.9 Å². The maximum absolute atomic E-state index is 2.20. The maximum Gasteiger partial charge on any atom is 0.146 e. The molecule has 0 aliphatic carbocycles. The number of aryl methyl sites for hydroxylation is 1. The molecule has 74 valence electrons. The number of rotatable bonds is 4. The lowest BCUT2D eigenvalue weighted by atomic mass is 10.5.